The fourth-order valence-electron chi connectivity index (χ4n) is 2.38. The first-order chi connectivity index (χ1) is 9.83. The molecule has 20 heavy (non-hydrogen) atoms. The summed E-state index contributed by atoms with van der Waals surface area (Å²) in [5.74, 6) is 0. The van der Waals surface area contributed by atoms with Gasteiger partial charge in [0.15, 0.2) is 0 Å². The summed E-state index contributed by atoms with van der Waals surface area (Å²) in [6.07, 6.45) is 3.52. The van der Waals surface area contributed by atoms with E-state index in [1.807, 2.05) is 23.1 Å². The fraction of sp³-hybridized carbons (Fsp3) is 0.333. The summed E-state index contributed by atoms with van der Waals surface area (Å²) in [7, 11) is 0. The number of pyridine rings is 1. The van der Waals surface area contributed by atoms with Crippen molar-refractivity contribution in [3.05, 3.63) is 52.0 Å². The van der Waals surface area contributed by atoms with Crippen molar-refractivity contribution in [3.8, 4) is 0 Å². The van der Waals surface area contributed by atoms with Crippen LogP contribution < -0.4 is 5.32 Å². The van der Waals surface area contributed by atoms with Crippen molar-refractivity contribution >= 4 is 17.4 Å². The van der Waals surface area contributed by atoms with Gasteiger partial charge in [0.05, 0.1) is 0 Å². The molecule has 0 aliphatic carbocycles. The molecular weight excluding hydrogens is 270 g/mol. The molecule has 3 rings (SSSR count). The molecule has 0 saturated heterocycles. The molecule has 104 valence electrons. The molecule has 2 aromatic rings. The molecule has 3 heterocycles. The van der Waals surface area contributed by atoms with Crippen molar-refractivity contribution in [2.75, 3.05) is 13.1 Å². The molecule has 1 aliphatic rings. The molecule has 1 N–H and O–H groups in total. The lowest BCUT2D eigenvalue weighted by Gasteiger charge is -2.27. The molecule has 0 atom stereocenters. The molecule has 1 aliphatic heterocycles. The van der Waals surface area contributed by atoms with Crippen molar-refractivity contribution in [1.29, 1.82) is 0 Å². The van der Waals surface area contributed by atoms with Crippen LogP contribution in [0.5, 0.6) is 0 Å². The Bertz CT molecular complexity index is 582. The second-order valence-corrected chi connectivity index (χ2v) is 5.84. The topological polar surface area (TPSA) is 45.2 Å². The van der Waals surface area contributed by atoms with Gasteiger partial charge >= 0.3 is 6.03 Å². The number of rotatable bonds is 3. The summed E-state index contributed by atoms with van der Waals surface area (Å²) in [5, 5.41) is 5.08. The number of carbonyl (C=O) groups is 1. The van der Waals surface area contributed by atoms with Crippen LogP contribution in [-0.4, -0.2) is 29.0 Å². The van der Waals surface area contributed by atoms with E-state index in [-0.39, 0.29) is 6.03 Å². The van der Waals surface area contributed by atoms with E-state index in [1.165, 1.54) is 10.4 Å². The van der Waals surface area contributed by atoms with Crippen LogP contribution in [0.2, 0.25) is 0 Å². The number of hydrogen-bond donors (Lipinski definition) is 1. The van der Waals surface area contributed by atoms with Gasteiger partial charge in [-0.3, -0.25) is 4.98 Å². The van der Waals surface area contributed by atoms with Gasteiger partial charge in [0, 0.05) is 42.8 Å². The molecule has 2 amide bonds. The molecule has 0 bridgehead atoms. The molecule has 0 spiro atoms. The first-order valence-electron chi connectivity index (χ1n) is 6.81. The standard InChI is InChI=1S/C15H17N3OS/c19-15(17-8-4-13-3-1-2-7-16-13)18-9-5-14-12(11-18)6-10-20-14/h1-3,6-7,10H,4-5,8-9,11H2,(H,17,19). The largest absolute Gasteiger partial charge is 0.338 e. The van der Waals surface area contributed by atoms with E-state index >= 15 is 0 Å². The highest BCUT2D eigenvalue weighted by Gasteiger charge is 2.20. The van der Waals surface area contributed by atoms with Gasteiger partial charge in [-0.05, 0) is 35.6 Å². The number of fused-ring (bicyclic) bond motifs is 1. The van der Waals surface area contributed by atoms with Gasteiger partial charge in [-0.15, -0.1) is 11.3 Å². The van der Waals surface area contributed by atoms with Crippen molar-refractivity contribution < 1.29 is 4.79 Å². The number of amides is 2. The van der Waals surface area contributed by atoms with Crippen molar-refractivity contribution in [3.63, 3.8) is 0 Å². The van der Waals surface area contributed by atoms with Crippen LogP contribution in [0.3, 0.4) is 0 Å². The molecule has 2 aromatic heterocycles. The maximum absolute atomic E-state index is 12.1. The minimum absolute atomic E-state index is 0.0257. The van der Waals surface area contributed by atoms with E-state index in [0.29, 0.717) is 6.54 Å². The number of nitrogens with one attached hydrogen (secondary N) is 1. The number of nitrogens with zero attached hydrogens (tertiary/aromatic N) is 2. The highest BCUT2D eigenvalue weighted by Crippen LogP contribution is 2.23. The molecular formula is C15H17N3OS. The quantitative estimate of drug-likeness (QED) is 0.942. The minimum Gasteiger partial charge on any atom is -0.338 e. The Hall–Kier alpha value is -1.88. The van der Waals surface area contributed by atoms with Crippen molar-refractivity contribution in [1.82, 2.24) is 15.2 Å². The van der Waals surface area contributed by atoms with E-state index < -0.39 is 0 Å². The molecule has 0 radical (unpaired) electrons. The smallest absolute Gasteiger partial charge is 0.317 e. The molecule has 0 saturated carbocycles. The molecule has 0 unspecified atom stereocenters. The maximum atomic E-state index is 12.1. The van der Waals surface area contributed by atoms with Crippen LogP contribution in [0.25, 0.3) is 0 Å². The van der Waals surface area contributed by atoms with Gasteiger partial charge in [-0.2, -0.15) is 0 Å². The number of aromatic nitrogens is 1. The minimum atomic E-state index is 0.0257. The predicted molar refractivity (Wildman–Crippen MR) is 79.8 cm³/mol. The van der Waals surface area contributed by atoms with Gasteiger partial charge in [0.25, 0.3) is 0 Å². The summed E-state index contributed by atoms with van der Waals surface area (Å²) in [4.78, 5) is 19.7. The van der Waals surface area contributed by atoms with Crippen molar-refractivity contribution in [2.24, 2.45) is 0 Å². The molecule has 5 heteroatoms. The Morgan fingerprint density at radius 2 is 2.35 bits per heavy atom. The molecule has 0 aromatic carbocycles. The van der Waals surface area contributed by atoms with Crippen LogP contribution in [0, 0.1) is 0 Å². The van der Waals surface area contributed by atoms with Crippen LogP contribution >= 0.6 is 11.3 Å². The van der Waals surface area contributed by atoms with Crippen LogP contribution in [0.15, 0.2) is 35.8 Å². The number of hydrogen-bond acceptors (Lipinski definition) is 3. The number of thiophene rings is 1. The maximum Gasteiger partial charge on any atom is 0.317 e. The summed E-state index contributed by atoms with van der Waals surface area (Å²) < 4.78 is 0. The van der Waals surface area contributed by atoms with Gasteiger partial charge in [0.2, 0.25) is 0 Å². The number of urea groups is 1. The zero-order valence-corrected chi connectivity index (χ0v) is 12.0. The zero-order valence-electron chi connectivity index (χ0n) is 11.2. The monoisotopic (exact) mass is 287 g/mol. The summed E-state index contributed by atoms with van der Waals surface area (Å²) in [6.45, 7) is 2.17. The average Bonchev–Trinajstić information content (AvgIpc) is 2.95. The van der Waals surface area contributed by atoms with Gasteiger partial charge in [-0.1, -0.05) is 6.07 Å². The Balaban J connectivity index is 1.48. The van der Waals surface area contributed by atoms with Gasteiger partial charge in [0.1, 0.15) is 0 Å². The second-order valence-electron chi connectivity index (χ2n) is 4.84. The highest BCUT2D eigenvalue weighted by molar-refractivity contribution is 7.10. The van der Waals surface area contributed by atoms with E-state index in [2.05, 4.69) is 21.7 Å². The second kappa shape index (κ2) is 6.05. The third kappa shape index (κ3) is 2.99. The summed E-state index contributed by atoms with van der Waals surface area (Å²) in [5.41, 5.74) is 2.30. The van der Waals surface area contributed by atoms with Gasteiger partial charge < -0.3 is 10.2 Å². The van der Waals surface area contributed by atoms with Gasteiger partial charge in [-0.25, -0.2) is 4.79 Å². The zero-order chi connectivity index (χ0) is 13.8. The first-order valence-corrected chi connectivity index (χ1v) is 7.69. The van der Waals surface area contributed by atoms with Crippen LogP contribution in [0.1, 0.15) is 16.1 Å². The van der Waals surface area contributed by atoms with E-state index in [4.69, 9.17) is 0 Å². The van der Waals surface area contributed by atoms with Crippen molar-refractivity contribution in [2.45, 2.75) is 19.4 Å². The Labute approximate surface area is 122 Å². The summed E-state index contributed by atoms with van der Waals surface area (Å²) in [6, 6.07) is 7.98. The molecule has 4 nitrogen and oxygen atoms in total. The lowest BCUT2D eigenvalue weighted by atomic mass is 10.1. The van der Waals surface area contributed by atoms with Crippen LogP contribution in [0.4, 0.5) is 4.79 Å². The van der Waals surface area contributed by atoms with E-state index in [0.717, 1.165) is 31.6 Å². The predicted octanol–water partition coefficient (Wildman–Crippen LogP) is 2.45. The average molecular weight is 287 g/mol. The van der Waals surface area contributed by atoms with E-state index in [9.17, 15) is 4.79 Å². The van der Waals surface area contributed by atoms with Crippen LogP contribution in [-0.2, 0) is 19.4 Å². The first kappa shape index (κ1) is 13.1. The SMILES string of the molecule is O=C(NCCc1ccccn1)N1CCc2sccc2C1. The third-order valence-electron chi connectivity index (χ3n) is 3.48. The normalized spacial score (nSPS) is 13.9. The lowest BCUT2D eigenvalue weighted by Crippen LogP contribution is -2.43. The highest BCUT2D eigenvalue weighted by atomic mass is 32.1. The third-order valence-corrected chi connectivity index (χ3v) is 4.50. The lowest BCUT2D eigenvalue weighted by molar-refractivity contribution is 0.193. The number of carbonyl (C=O) groups excluding carboxylic acids is 1. The fourth-order valence-corrected chi connectivity index (χ4v) is 3.27. The Morgan fingerprint density at radius 1 is 1.40 bits per heavy atom. The summed E-state index contributed by atoms with van der Waals surface area (Å²) >= 11 is 1.79. The molecule has 0 fully saturated rings. The Morgan fingerprint density at radius 3 is 3.20 bits per heavy atom. The van der Waals surface area contributed by atoms with E-state index in [1.54, 1.807) is 17.5 Å². The Kier molecular flexibility index (Phi) is 3.97.